The van der Waals surface area contributed by atoms with Gasteiger partial charge in [0.2, 0.25) is 0 Å². The third kappa shape index (κ3) is 1.87. The topological polar surface area (TPSA) is 99.9 Å². The highest BCUT2D eigenvalue weighted by atomic mass is 79.9. The Bertz CT molecular complexity index is 553. The normalized spacial score (nSPS) is 10.3. The van der Waals surface area contributed by atoms with Gasteiger partial charge in [-0.1, -0.05) is 5.21 Å². The Hall–Kier alpha value is -1.96. The van der Waals surface area contributed by atoms with Crippen molar-refractivity contribution in [1.82, 2.24) is 15.0 Å². The van der Waals surface area contributed by atoms with E-state index in [2.05, 4.69) is 26.2 Å². The molecule has 0 saturated carbocycles. The molecule has 2 aromatic rings. The third-order valence-electron chi connectivity index (χ3n) is 1.90. The van der Waals surface area contributed by atoms with Crippen molar-refractivity contribution in [2.24, 2.45) is 0 Å². The Morgan fingerprint density at radius 2 is 2.25 bits per heavy atom. The monoisotopic (exact) mass is 283 g/mol. The number of benzene rings is 1. The molecule has 1 aromatic carbocycles. The second-order valence-corrected chi connectivity index (χ2v) is 3.84. The van der Waals surface area contributed by atoms with Crippen LogP contribution in [0, 0.1) is 10.1 Å². The average molecular weight is 284 g/mol. The maximum absolute atomic E-state index is 10.5. The van der Waals surface area contributed by atoms with Crippen molar-refractivity contribution in [3.8, 4) is 5.69 Å². The van der Waals surface area contributed by atoms with E-state index in [-0.39, 0.29) is 11.5 Å². The van der Waals surface area contributed by atoms with Gasteiger partial charge in [0, 0.05) is 12.1 Å². The lowest BCUT2D eigenvalue weighted by molar-refractivity contribution is -0.384. The van der Waals surface area contributed by atoms with E-state index in [1.807, 2.05) is 0 Å². The molecular weight excluding hydrogens is 278 g/mol. The second kappa shape index (κ2) is 3.89. The van der Waals surface area contributed by atoms with Crippen LogP contribution in [0.4, 0.5) is 11.5 Å². The largest absolute Gasteiger partial charge is 0.381 e. The zero-order chi connectivity index (χ0) is 11.7. The number of halogens is 1. The van der Waals surface area contributed by atoms with Gasteiger partial charge in [-0.2, -0.15) is 0 Å². The number of anilines is 1. The first kappa shape index (κ1) is 10.6. The first-order valence-electron chi connectivity index (χ1n) is 4.20. The fourth-order valence-electron chi connectivity index (χ4n) is 1.19. The molecule has 0 aliphatic carbocycles. The van der Waals surface area contributed by atoms with E-state index in [4.69, 9.17) is 5.73 Å². The quantitative estimate of drug-likeness (QED) is 0.665. The van der Waals surface area contributed by atoms with Gasteiger partial charge >= 0.3 is 0 Å². The molecule has 82 valence electrons. The molecule has 2 rings (SSSR count). The van der Waals surface area contributed by atoms with E-state index in [1.165, 1.54) is 23.0 Å². The van der Waals surface area contributed by atoms with Crippen LogP contribution >= 0.6 is 15.9 Å². The molecule has 0 atom stereocenters. The van der Waals surface area contributed by atoms with Gasteiger partial charge in [0.1, 0.15) is 0 Å². The molecule has 0 unspecified atom stereocenters. The standard InChI is InChI=1S/C8H6BrN5O2/c9-6-3-5(14(15)16)1-2-7(6)13-4-8(10)11-12-13/h1-4H,10H2. The van der Waals surface area contributed by atoms with E-state index in [0.29, 0.717) is 10.2 Å². The van der Waals surface area contributed by atoms with Crippen molar-refractivity contribution < 1.29 is 4.92 Å². The van der Waals surface area contributed by atoms with E-state index in [0.717, 1.165) is 0 Å². The summed E-state index contributed by atoms with van der Waals surface area (Å²) >= 11 is 3.23. The molecule has 16 heavy (non-hydrogen) atoms. The van der Waals surface area contributed by atoms with Gasteiger partial charge in [-0.15, -0.1) is 5.10 Å². The first-order valence-corrected chi connectivity index (χ1v) is 4.99. The lowest BCUT2D eigenvalue weighted by atomic mass is 10.3. The van der Waals surface area contributed by atoms with E-state index in [1.54, 1.807) is 6.07 Å². The molecular formula is C8H6BrN5O2. The van der Waals surface area contributed by atoms with Gasteiger partial charge in [-0.25, -0.2) is 4.68 Å². The summed E-state index contributed by atoms with van der Waals surface area (Å²) in [6.07, 6.45) is 1.52. The van der Waals surface area contributed by atoms with Crippen LogP contribution in [0.15, 0.2) is 28.9 Å². The van der Waals surface area contributed by atoms with Crippen molar-refractivity contribution in [3.63, 3.8) is 0 Å². The molecule has 0 amide bonds. The number of hydrogen-bond acceptors (Lipinski definition) is 5. The number of nitro benzene ring substituents is 1. The van der Waals surface area contributed by atoms with Crippen LogP contribution < -0.4 is 5.73 Å². The van der Waals surface area contributed by atoms with Gasteiger partial charge < -0.3 is 5.73 Å². The Morgan fingerprint density at radius 3 is 2.75 bits per heavy atom. The van der Waals surface area contributed by atoms with Crippen LogP contribution in [0.2, 0.25) is 0 Å². The summed E-state index contributed by atoms with van der Waals surface area (Å²) in [5.41, 5.74) is 6.06. The second-order valence-electron chi connectivity index (χ2n) is 2.98. The fourth-order valence-corrected chi connectivity index (χ4v) is 1.74. The van der Waals surface area contributed by atoms with E-state index < -0.39 is 4.92 Å². The highest BCUT2D eigenvalue weighted by Crippen LogP contribution is 2.25. The van der Waals surface area contributed by atoms with E-state index in [9.17, 15) is 10.1 Å². The summed E-state index contributed by atoms with van der Waals surface area (Å²) in [4.78, 5) is 10.1. The third-order valence-corrected chi connectivity index (χ3v) is 2.54. The summed E-state index contributed by atoms with van der Waals surface area (Å²) in [6, 6.07) is 4.35. The summed E-state index contributed by atoms with van der Waals surface area (Å²) in [5.74, 6) is 0.283. The molecule has 2 N–H and O–H groups in total. The number of nitrogens with two attached hydrogens (primary N) is 1. The van der Waals surface area contributed by atoms with Crippen molar-refractivity contribution in [2.75, 3.05) is 5.73 Å². The Labute approximate surface area is 98.1 Å². The van der Waals surface area contributed by atoms with Crippen LogP contribution in [0.5, 0.6) is 0 Å². The summed E-state index contributed by atoms with van der Waals surface area (Å²) in [7, 11) is 0. The number of hydrogen-bond donors (Lipinski definition) is 1. The number of nitrogen functional groups attached to an aromatic ring is 1. The van der Waals surface area contributed by atoms with Gasteiger partial charge in [-0.3, -0.25) is 10.1 Å². The molecule has 0 saturated heterocycles. The zero-order valence-electron chi connectivity index (χ0n) is 7.87. The molecule has 1 heterocycles. The Morgan fingerprint density at radius 1 is 1.50 bits per heavy atom. The minimum atomic E-state index is -0.468. The van der Waals surface area contributed by atoms with Crippen molar-refractivity contribution >= 4 is 27.4 Å². The van der Waals surface area contributed by atoms with Crippen LogP contribution in [0.1, 0.15) is 0 Å². The maximum atomic E-state index is 10.5. The molecule has 0 spiro atoms. The molecule has 1 aromatic heterocycles. The summed E-state index contributed by atoms with van der Waals surface area (Å²) in [6.45, 7) is 0. The molecule has 8 heteroatoms. The number of nitro groups is 1. The molecule has 0 aliphatic rings. The van der Waals surface area contributed by atoms with Gasteiger partial charge in [0.05, 0.1) is 21.3 Å². The highest BCUT2D eigenvalue weighted by Gasteiger charge is 2.11. The summed E-state index contributed by atoms with van der Waals surface area (Å²) < 4.78 is 1.98. The number of nitrogens with zero attached hydrogens (tertiary/aromatic N) is 4. The predicted molar refractivity (Wildman–Crippen MR) is 60.1 cm³/mol. The van der Waals surface area contributed by atoms with Crippen LogP contribution in [-0.4, -0.2) is 19.9 Å². The predicted octanol–water partition coefficient (Wildman–Crippen LogP) is 1.52. The molecule has 0 fully saturated rings. The number of non-ortho nitro benzene ring substituents is 1. The fraction of sp³-hybridized carbons (Fsp3) is 0. The summed E-state index contributed by atoms with van der Waals surface area (Å²) in [5, 5.41) is 17.9. The van der Waals surface area contributed by atoms with Gasteiger partial charge in [-0.05, 0) is 22.0 Å². The molecule has 0 radical (unpaired) electrons. The highest BCUT2D eigenvalue weighted by molar-refractivity contribution is 9.10. The lowest BCUT2D eigenvalue weighted by Gasteiger charge is -2.02. The van der Waals surface area contributed by atoms with Crippen LogP contribution in [0.3, 0.4) is 0 Å². The first-order chi connectivity index (χ1) is 7.58. The van der Waals surface area contributed by atoms with E-state index >= 15 is 0 Å². The van der Waals surface area contributed by atoms with Crippen molar-refractivity contribution in [1.29, 1.82) is 0 Å². The van der Waals surface area contributed by atoms with Gasteiger partial charge in [0.15, 0.2) is 5.82 Å². The smallest absolute Gasteiger partial charge is 0.270 e. The number of rotatable bonds is 2. The van der Waals surface area contributed by atoms with Crippen LogP contribution in [0.25, 0.3) is 5.69 Å². The molecule has 0 bridgehead atoms. The lowest BCUT2D eigenvalue weighted by Crippen LogP contribution is -1.97. The Kier molecular flexibility index (Phi) is 2.57. The zero-order valence-corrected chi connectivity index (χ0v) is 9.46. The SMILES string of the molecule is Nc1cn(-c2ccc([N+](=O)[O-])cc2Br)nn1. The van der Waals surface area contributed by atoms with Crippen LogP contribution in [-0.2, 0) is 0 Å². The minimum Gasteiger partial charge on any atom is -0.381 e. The number of aromatic nitrogens is 3. The van der Waals surface area contributed by atoms with Crippen molar-refractivity contribution in [3.05, 3.63) is 39.0 Å². The molecule has 0 aliphatic heterocycles. The minimum absolute atomic E-state index is 0.00344. The van der Waals surface area contributed by atoms with Crippen molar-refractivity contribution in [2.45, 2.75) is 0 Å². The molecule has 7 nitrogen and oxygen atoms in total. The maximum Gasteiger partial charge on any atom is 0.270 e. The Balaban J connectivity index is 2.47. The average Bonchev–Trinajstić information content (AvgIpc) is 2.64. The van der Waals surface area contributed by atoms with Gasteiger partial charge in [0.25, 0.3) is 5.69 Å².